The number of benzene rings is 2. The molecule has 55 heavy (non-hydrogen) atoms. The minimum atomic E-state index is -1.02. The first-order valence-corrected chi connectivity index (χ1v) is 16.0. The highest BCUT2D eigenvalue weighted by Gasteiger charge is 2.33. The minimum Gasteiger partial charge on any atom is -0.478 e. The van der Waals surface area contributed by atoms with Gasteiger partial charge in [0.15, 0.2) is 0 Å². The Morgan fingerprint density at radius 1 is 0.709 bits per heavy atom. The van der Waals surface area contributed by atoms with Crippen LogP contribution in [0.5, 0.6) is 0 Å². The zero-order valence-electron chi connectivity index (χ0n) is 28.0. The van der Waals surface area contributed by atoms with E-state index in [1.165, 1.54) is 38.4 Å². The lowest BCUT2D eigenvalue weighted by Gasteiger charge is -2.17. The highest BCUT2D eigenvalue weighted by Crippen LogP contribution is 2.33. The lowest BCUT2D eigenvalue weighted by atomic mass is 10.1. The molecule has 0 spiro atoms. The molecule has 18 nitrogen and oxygen atoms in total. The molecule has 18 heteroatoms. The molecule has 0 radical (unpaired) electrons. The van der Waals surface area contributed by atoms with Gasteiger partial charge in [0.05, 0.1) is 44.2 Å². The predicted octanol–water partition coefficient (Wildman–Crippen LogP) is 3.42. The maximum atomic E-state index is 12.5. The molecule has 0 unspecified atom stereocenters. The van der Waals surface area contributed by atoms with E-state index in [4.69, 9.17) is 21.3 Å². The molecule has 5 N–H and O–H groups in total. The number of carbonyl (C=O) groups is 4. The van der Waals surface area contributed by atoms with Crippen molar-refractivity contribution in [3.05, 3.63) is 119 Å². The third-order valence-corrected chi connectivity index (χ3v) is 8.40. The Labute approximate surface area is 315 Å². The fraction of sp³-hybridized carbons (Fsp3) is 0.189. The quantitative estimate of drug-likeness (QED) is 0.189. The summed E-state index contributed by atoms with van der Waals surface area (Å²) >= 11 is 0. The van der Waals surface area contributed by atoms with E-state index < -0.39 is 11.9 Å². The minimum absolute atomic E-state index is 0. The first-order valence-electron chi connectivity index (χ1n) is 16.0. The smallest absolute Gasteiger partial charge is 0.337 e. The molecule has 0 saturated heterocycles. The van der Waals surface area contributed by atoms with Gasteiger partial charge in [0.25, 0.3) is 11.9 Å². The van der Waals surface area contributed by atoms with E-state index in [0.717, 1.165) is 5.56 Å². The van der Waals surface area contributed by atoms with Crippen LogP contribution in [0, 0.1) is 0 Å². The average molecular weight is 747 g/mol. The normalized spacial score (nSPS) is 12.5. The van der Waals surface area contributed by atoms with Gasteiger partial charge in [0, 0.05) is 35.9 Å². The Morgan fingerprint density at radius 3 is 1.58 bits per heavy atom. The SMILES string of the molecule is C.C.COC(=O)c1cccc(CN2C(=O)Cc3c(N)nc(-n4cccn4)nc32)c1.Nc1nc(-n2cccn2)nc2c1CC(=O)N2Cc1cccc(C(=O)O)c1. The van der Waals surface area contributed by atoms with Crippen LogP contribution < -0.4 is 21.3 Å². The van der Waals surface area contributed by atoms with Gasteiger partial charge in [-0.3, -0.25) is 19.4 Å². The lowest BCUT2D eigenvalue weighted by Crippen LogP contribution is -2.27. The molecule has 282 valence electrons. The number of aromatic nitrogens is 8. The van der Waals surface area contributed by atoms with Crippen LogP contribution in [-0.4, -0.2) is 75.5 Å². The molecule has 0 saturated carbocycles. The van der Waals surface area contributed by atoms with E-state index in [0.29, 0.717) is 39.8 Å². The van der Waals surface area contributed by atoms with Crippen LogP contribution in [0.15, 0.2) is 85.5 Å². The molecule has 2 aliphatic heterocycles. The lowest BCUT2D eigenvalue weighted by molar-refractivity contribution is -0.118. The maximum absolute atomic E-state index is 12.5. The van der Waals surface area contributed by atoms with Gasteiger partial charge in [-0.25, -0.2) is 19.0 Å². The monoisotopic (exact) mass is 746 g/mol. The number of methoxy groups -OCH3 is 1. The van der Waals surface area contributed by atoms with Gasteiger partial charge in [0.1, 0.15) is 23.3 Å². The number of rotatable bonds is 8. The zero-order valence-corrected chi connectivity index (χ0v) is 28.0. The molecule has 8 rings (SSSR count). The number of anilines is 4. The summed E-state index contributed by atoms with van der Waals surface area (Å²) in [5, 5.41) is 17.3. The van der Waals surface area contributed by atoms with Crippen LogP contribution in [0.25, 0.3) is 11.9 Å². The number of nitrogen functional groups attached to an aromatic ring is 2. The van der Waals surface area contributed by atoms with Crippen molar-refractivity contribution in [1.82, 2.24) is 39.5 Å². The Hall–Kier alpha value is -7.50. The highest BCUT2D eigenvalue weighted by atomic mass is 16.5. The molecule has 0 atom stereocenters. The van der Waals surface area contributed by atoms with Crippen molar-refractivity contribution >= 4 is 47.0 Å². The largest absolute Gasteiger partial charge is 0.478 e. The van der Waals surface area contributed by atoms with Gasteiger partial charge in [-0.1, -0.05) is 39.1 Å². The molecule has 2 aliphatic rings. The summed E-state index contributed by atoms with van der Waals surface area (Å²) in [6.45, 7) is 0.452. The van der Waals surface area contributed by atoms with Crippen LogP contribution in [0.4, 0.5) is 23.3 Å². The highest BCUT2D eigenvalue weighted by molar-refractivity contribution is 6.02. The summed E-state index contributed by atoms with van der Waals surface area (Å²) in [4.78, 5) is 68.3. The van der Waals surface area contributed by atoms with Crippen LogP contribution in [0.3, 0.4) is 0 Å². The number of fused-ring (bicyclic) bond motifs is 2. The van der Waals surface area contributed by atoms with Gasteiger partial charge in [-0.15, -0.1) is 0 Å². The van der Waals surface area contributed by atoms with Gasteiger partial charge in [-0.05, 0) is 47.5 Å². The van der Waals surface area contributed by atoms with E-state index in [2.05, 4.69) is 30.1 Å². The summed E-state index contributed by atoms with van der Waals surface area (Å²) < 4.78 is 7.69. The van der Waals surface area contributed by atoms with Gasteiger partial charge in [-0.2, -0.15) is 30.1 Å². The summed E-state index contributed by atoms with van der Waals surface area (Å²) in [6.07, 6.45) is 6.82. The number of aromatic carboxylic acids is 1. The molecule has 0 aliphatic carbocycles. The van der Waals surface area contributed by atoms with Gasteiger partial charge < -0.3 is 21.3 Å². The molecule has 0 fully saturated rings. The number of carbonyl (C=O) groups excluding carboxylic acids is 3. The van der Waals surface area contributed by atoms with Crippen molar-refractivity contribution in [1.29, 1.82) is 0 Å². The number of ether oxygens (including phenoxy) is 1. The topological polar surface area (TPSA) is 243 Å². The summed E-state index contributed by atoms with van der Waals surface area (Å²) in [6, 6.07) is 16.8. The predicted molar refractivity (Wildman–Crippen MR) is 202 cm³/mol. The van der Waals surface area contributed by atoms with Crippen LogP contribution in [-0.2, 0) is 40.3 Å². The summed E-state index contributed by atoms with van der Waals surface area (Å²) in [5.74, 6) is 0.177. The second kappa shape index (κ2) is 16.0. The second-order valence-corrected chi connectivity index (χ2v) is 11.8. The van der Waals surface area contributed by atoms with Crippen molar-refractivity contribution in [2.24, 2.45) is 0 Å². The molecule has 6 aromatic rings. The Morgan fingerprint density at radius 2 is 1.16 bits per heavy atom. The molecular formula is C37H38N12O6. The first kappa shape index (κ1) is 38.7. The number of carboxylic acids is 1. The summed E-state index contributed by atoms with van der Waals surface area (Å²) in [5.41, 5.74) is 15.3. The van der Waals surface area contributed by atoms with Crippen molar-refractivity contribution < 1.29 is 29.0 Å². The van der Waals surface area contributed by atoms with E-state index >= 15 is 0 Å². The third kappa shape index (κ3) is 7.82. The molecule has 2 amide bonds. The van der Waals surface area contributed by atoms with Crippen LogP contribution in [0.2, 0.25) is 0 Å². The molecule has 2 aromatic carbocycles. The molecule has 0 bridgehead atoms. The Bertz CT molecular complexity index is 2380. The van der Waals surface area contributed by atoms with E-state index in [-0.39, 0.29) is 75.7 Å². The van der Waals surface area contributed by atoms with Gasteiger partial charge >= 0.3 is 11.9 Å². The van der Waals surface area contributed by atoms with Gasteiger partial charge in [0.2, 0.25) is 11.8 Å². The summed E-state index contributed by atoms with van der Waals surface area (Å²) in [7, 11) is 1.33. The van der Waals surface area contributed by atoms with Crippen molar-refractivity contribution in [3.63, 3.8) is 0 Å². The molecule has 4 aromatic heterocycles. The standard InChI is InChI=1S/C18H16N6O3.C17H14N6O3.2CH4/c1-27-17(26)12-5-2-4-11(8-12)10-23-14(25)9-13-15(19)21-18(22-16(13)23)24-7-3-6-20-24;18-14-12-8-13(24)22(9-10-3-1-4-11(7-10)16(25)26)15(12)21-17(20-14)23-6-2-5-19-23;;/h2-8H,9-10H2,1H3,(H2,19,21,22);1-7H,8-9H2,(H,25,26)(H2,18,20,21);2*1H4. The van der Waals surface area contributed by atoms with Crippen LogP contribution in [0.1, 0.15) is 57.8 Å². The van der Waals surface area contributed by atoms with Crippen molar-refractivity contribution in [2.75, 3.05) is 28.4 Å². The second-order valence-electron chi connectivity index (χ2n) is 11.8. The van der Waals surface area contributed by atoms with Crippen molar-refractivity contribution in [3.8, 4) is 11.9 Å². The fourth-order valence-corrected chi connectivity index (χ4v) is 5.86. The number of esters is 1. The maximum Gasteiger partial charge on any atom is 0.337 e. The number of carboxylic acid groups (broad SMARTS) is 1. The van der Waals surface area contributed by atoms with E-state index in [1.54, 1.807) is 67.3 Å². The van der Waals surface area contributed by atoms with Crippen molar-refractivity contribution in [2.45, 2.75) is 40.8 Å². The zero-order chi connectivity index (χ0) is 37.2. The molecular weight excluding hydrogens is 708 g/mol. The number of nitrogens with two attached hydrogens (primary N) is 2. The number of hydrogen-bond acceptors (Lipinski definition) is 13. The van der Waals surface area contributed by atoms with Crippen LogP contribution >= 0.6 is 0 Å². The number of hydrogen-bond donors (Lipinski definition) is 3. The Kier molecular flexibility index (Phi) is 11.3. The molecule has 6 heterocycles. The third-order valence-electron chi connectivity index (χ3n) is 8.40. The fourth-order valence-electron chi connectivity index (χ4n) is 5.86. The first-order chi connectivity index (χ1) is 25.6. The Balaban J connectivity index is 0.000000204. The van der Waals surface area contributed by atoms with E-state index in [1.807, 2.05) is 6.07 Å². The van der Waals surface area contributed by atoms with E-state index in [9.17, 15) is 19.2 Å². The number of amides is 2. The number of nitrogens with zero attached hydrogens (tertiary/aromatic N) is 10. The average Bonchev–Trinajstić information content (AvgIpc) is 3.98.